The summed E-state index contributed by atoms with van der Waals surface area (Å²) < 4.78 is 5.24. The van der Waals surface area contributed by atoms with Crippen molar-refractivity contribution in [3.63, 3.8) is 0 Å². The second kappa shape index (κ2) is 7.30. The first-order valence-electron chi connectivity index (χ1n) is 5.42. The molecule has 0 heterocycles. The predicted molar refractivity (Wildman–Crippen MR) is 54.7 cm³/mol. The maximum atomic E-state index is 5.29. The number of hydrogen-bond acceptors (Lipinski definition) is 3. The van der Waals surface area contributed by atoms with Gasteiger partial charge in [0.2, 0.25) is 0 Å². The van der Waals surface area contributed by atoms with Crippen molar-refractivity contribution in [3.05, 3.63) is 0 Å². The third-order valence-corrected chi connectivity index (χ3v) is 2.35. The number of ether oxygens (including phenoxy) is 1. The first-order chi connectivity index (χ1) is 6.43. The highest BCUT2D eigenvalue weighted by Crippen LogP contribution is 2.33. The van der Waals surface area contributed by atoms with Gasteiger partial charge in [-0.25, -0.2) is 0 Å². The first-order valence-corrected chi connectivity index (χ1v) is 5.42. The molecule has 0 amide bonds. The molecule has 13 heavy (non-hydrogen) atoms. The molecule has 0 atom stereocenters. The summed E-state index contributed by atoms with van der Waals surface area (Å²) in [6.45, 7) is 4.21. The highest BCUT2D eigenvalue weighted by molar-refractivity contribution is 4.72. The molecule has 0 aromatic carbocycles. The lowest BCUT2D eigenvalue weighted by molar-refractivity contribution is 0.143. The highest BCUT2D eigenvalue weighted by atomic mass is 16.5. The van der Waals surface area contributed by atoms with E-state index in [1.807, 2.05) is 0 Å². The molecule has 78 valence electrons. The topological polar surface area (TPSA) is 47.3 Å². The van der Waals surface area contributed by atoms with Gasteiger partial charge < -0.3 is 15.8 Å². The van der Waals surface area contributed by atoms with Gasteiger partial charge in [0, 0.05) is 13.1 Å². The lowest BCUT2D eigenvalue weighted by Crippen LogP contribution is -2.22. The Morgan fingerprint density at radius 3 is 2.77 bits per heavy atom. The minimum absolute atomic E-state index is 0.627. The van der Waals surface area contributed by atoms with Crippen molar-refractivity contribution in [3.8, 4) is 0 Å². The molecule has 1 rings (SSSR count). The highest BCUT2D eigenvalue weighted by Gasteiger charge is 2.19. The molecule has 0 aromatic heterocycles. The summed E-state index contributed by atoms with van der Waals surface area (Å²) in [5.74, 6) is 1.07. The summed E-state index contributed by atoms with van der Waals surface area (Å²) >= 11 is 0. The molecular weight excluding hydrogens is 164 g/mol. The Morgan fingerprint density at radius 2 is 2.08 bits per heavy atom. The standard InChI is InChI=1S/C10H22N2O/c11-5-8-13-9-7-12-6-1-2-10-3-4-10/h10,12H,1-9,11H2. The number of nitrogens with one attached hydrogen (secondary N) is 1. The summed E-state index contributed by atoms with van der Waals surface area (Å²) in [7, 11) is 0. The largest absolute Gasteiger partial charge is 0.379 e. The SMILES string of the molecule is NCCOCCNCCCC1CC1. The van der Waals surface area contributed by atoms with Gasteiger partial charge in [-0.05, 0) is 25.3 Å². The van der Waals surface area contributed by atoms with E-state index < -0.39 is 0 Å². The maximum absolute atomic E-state index is 5.29. The summed E-state index contributed by atoms with van der Waals surface area (Å²) in [5.41, 5.74) is 5.29. The summed E-state index contributed by atoms with van der Waals surface area (Å²) in [6.07, 6.45) is 5.68. The molecule has 0 saturated heterocycles. The zero-order chi connectivity index (χ0) is 9.36. The molecule has 3 heteroatoms. The average molecular weight is 186 g/mol. The van der Waals surface area contributed by atoms with Crippen molar-refractivity contribution >= 4 is 0 Å². The molecular formula is C10H22N2O. The molecule has 3 nitrogen and oxygen atoms in total. The van der Waals surface area contributed by atoms with Crippen LogP contribution in [0.25, 0.3) is 0 Å². The molecule has 1 fully saturated rings. The lowest BCUT2D eigenvalue weighted by Gasteiger charge is -2.04. The Labute approximate surface area is 81.0 Å². The second-order valence-electron chi connectivity index (χ2n) is 3.74. The third kappa shape index (κ3) is 6.99. The molecule has 0 spiro atoms. The molecule has 0 aromatic rings. The van der Waals surface area contributed by atoms with Gasteiger partial charge in [0.25, 0.3) is 0 Å². The van der Waals surface area contributed by atoms with Crippen LogP contribution in [0.3, 0.4) is 0 Å². The van der Waals surface area contributed by atoms with Crippen molar-refractivity contribution < 1.29 is 4.74 Å². The van der Waals surface area contributed by atoms with E-state index in [0.717, 1.165) is 25.6 Å². The normalized spacial score (nSPS) is 16.4. The van der Waals surface area contributed by atoms with Crippen LogP contribution < -0.4 is 11.1 Å². The van der Waals surface area contributed by atoms with Gasteiger partial charge in [-0.2, -0.15) is 0 Å². The molecule has 0 aliphatic heterocycles. The third-order valence-electron chi connectivity index (χ3n) is 2.35. The van der Waals surface area contributed by atoms with E-state index in [1.54, 1.807) is 0 Å². The van der Waals surface area contributed by atoms with Crippen LogP contribution in [-0.2, 0) is 4.74 Å². The number of hydrogen-bond donors (Lipinski definition) is 2. The van der Waals surface area contributed by atoms with Gasteiger partial charge in [0.05, 0.1) is 13.2 Å². The fourth-order valence-corrected chi connectivity index (χ4v) is 1.38. The van der Waals surface area contributed by atoms with Gasteiger partial charge >= 0.3 is 0 Å². The van der Waals surface area contributed by atoms with Gasteiger partial charge in [-0.1, -0.05) is 12.8 Å². The van der Waals surface area contributed by atoms with E-state index in [-0.39, 0.29) is 0 Å². The predicted octanol–water partition coefficient (Wildman–Crippen LogP) is 0.741. The minimum atomic E-state index is 0.627. The number of nitrogens with two attached hydrogens (primary N) is 1. The van der Waals surface area contributed by atoms with Crippen molar-refractivity contribution in [2.24, 2.45) is 11.7 Å². The molecule has 1 saturated carbocycles. The molecule has 1 aliphatic carbocycles. The van der Waals surface area contributed by atoms with Crippen LogP contribution in [0.15, 0.2) is 0 Å². The van der Waals surface area contributed by atoms with Crippen LogP contribution >= 0.6 is 0 Å². The van der Waals surface area contributed by atoms with Gasteiger partial charge in [0.15, 0.2) is 0 Å². The first kappa shape index (κ1) is 11.0. The Hall–Kier alpha value is -0.120. The monoisotopic (exact) mass is 186 g/mol. The Kier molecular flexibility index (Phi) is 6.15. The quantitative estimate of drug-likeness (QED) is 0.522. The van der Waals surface area contributed by atoms with Gasteiger partial charge in [-0.3, -0.25) is 0 Å². The number of rotatable bonds is 9. The molecule has 0 radical (unpaired) electrons. The molecule has 1 aliphatic rings. The van der Waals surface area contributed by atoms with Crippen molar-refractivity contribution in [1.82, 2.24) is 5.32 Å². The van der Waals surface area contributed by atoms with Crippen LogP contribution in [0.5, 0.6) is 0 Å². The zero-order valence-electron chi connectivity index (χ0n) is 8.43. The van der Waals surface area contributed by atoms with Gasteiger partial charge in [-0.15, -0.1) is 0 Å². The fourth-order valence-electron chi connectivity index (χ4n) is 1.38. The van der Waals surface area contributed by atoms with Crippen LogP contribution in [0.1, 0.15) is 25.7 Å². The minimum Gasteiger partial charge on any atom is -0.379 e. The van der Waals surface area contributed by atoms with Gasteiger partial charge in [0.1, 0.15) is 0 Å². The van der Waals surface area contributed by atoms with Crippen LogP contribution in [0, 0.1) is 5.92 Å². The zero-order valence-corrected chi connectivity index (χ0v) is 8.43. The lowest BCUT2D eigenvalue weighted by atomic mass is 10.2. The smallest absolute Gasteiger partial charge is 0.0591 e. The summed E-state index contributed by atoms with van der Waals surface area (Å²) in [4.78, 5) is 0. The molecule has 0 unspecified atom stereocenters. The Balaban J connectivity index is 1.63. The summed E-state index contributed by atoms with van der Waals surface area (Å²) in [6, 6.07) is 0. The molecule has 0 bridgehead atoms. The Morgan fingerprint density at radius 1 is 1.23 bits per heavy atom. The van der Waals surface area contributed by atoms with E-state index in [0.29, 0.717) is 13.2 Å². The van der Waals surface area contributed by atoms with E-state index >= 15 is 0 Å². The van der Waals surface area contributed by atoms with Crippen LogP contribution in [0.4, 0.5) is 0 Å². The van der Waals surface area contributed by atoms with Crippen LogP contribution in [-0.4, -0.2) is 32.8 Å². The van der Waals surface area contributed by atoms with E-state index in [2.05, 4.69) is 5.32 Å². The second-order valence-corrected chi connectivity index (χ2v) is 3.74. The molecule has 3 N–H and O–H groups in total. The summed E-state index contributed by atoms with van der Waals surface area (Å²) in [5, 5.41) is 3.36. The maximum Gasteiger partial charge on any atom is 0.0591 e. The van der Waals surface area contributed by atoms with Crippen LogP contribution in [0.2, 0.25) is 0 Å². The average Bonchev–Trinajstić information content (AvgIpc) is 2.93. The van der Waals surface area contributed by atoms with Crippen molar-refractivity contribution in [2.75, 3.05) is 32.8 Å². The van der Waals surface area contributed by atoms with Crippen molar-refractivity contribution in [2.45, 2.75) is 25.7 Å². The van der Waals surface area contributed by atoms with E-state index in [4.69, 9.17) is 10.5 Å². The van der Waals surface area contributed by atoms with E-state index in [1.165, 1.54) is 25.7 Å². The Bertz CT molecular complexity index is 115. The van der Waals surface area contributed by atoms with Crippen molar-refractivity contribution in [1.29, 1.82) is 0 Å². The van der Waals surface area contributed by atoms with E-state index in [9.17, 15) is 0 Å². The fraction of sp³-hybridized carbons (Fsp3) is 1.00.